The van der Waals surface area contributed by atoms with Crippen LogP contribution in [0.3, 0.4) is 0 Å². The molecule has 0 N–H and O–H groups in total. The molecule has 1 nitrogen and oxygen atoms in total. The molecule has 0 aromatic heterocycles. The average molecular weight is 232 g/mol. The fourth-order valence-electron chi connectivity index (χ4n) is 0.286. The van der Waals surface area contributed by atoms with Crippen LogP contribution in [0.4, 0.5) is 0 Å². The lowest BCUT2D eigenvalue weighted by Gasteiger charge is -2.09. The first kappa shape index (κ1) is 11.7. The Morgan fingerprint density at radius 1 is 1.50 bits per heavy atom. The molecule has 0 bridgehead atoms. The highest BCUT2D eigenvalue weighted by molar-refractivity contribution is 8.53. The maximum absolute atomic E-state index is 5.47. The summed E-state index contributed by atoms with van der Waals surface area (Å²) >= 11 is 0. The maximum atomic E-state index is 5.47. The van der Waals surface area contributed by atoms with Crippen LogP contribution in [0.2, 0.25) is 0 Å². The molecule has 0 saturated heterocycles. The van der Waals surface area contributed by atoms with Gasteiger partial charge in [0.1, 0.15) is 0 Å². The second-order valence-corrected chi connectivity index (χ2v) is 17.5. The quantitative estimate of drug-likeness (QED) is 0.644. The SMILES string of the molecule is COP(C)(P=PPC)=PC. The third-order valence-corrected chi connectivity index (χ3v) is 19.9. The topological polar surface area (TPSA) is 9.23 Å². The number of rotatable bonds is 3. The Kier molecular flexibility index (Phi) is 7.34. The first-order chi connectivity index (χ1) is 4.68. The van der Waals surface area contributed by atoms with Gasteiger partial charge in [-0.05, 0) is 35.1 Å². The van der Waals surface area contributed by atoms with Crippen LogP contribution in [0.1, 0.15) is 0 Å². The van der Waals surface area contributed by atoms with Crippen molar-refractivity contribution in [3.63, 3.8) is 0 Å². The Morgan fingerprint density at radius 3 is 2.40 bits per heavy atom. The van der Waals surface area contributed by atoms with Gasteiger partial charge in [0.2, 0.25) is 0 Å². The summed E-state index contributed by atoms with van der Waals surface area (Å²) in [6.45, 7) is 5.69. The molecular weight excluding hydrogens is 219 g/mol. The standard InChI is InChI=1S/C4H13OP5/c1-5-10(4,7-3)9-8-6-2/h6H,1-4H3. The van der Waals surface area contributed by atoms with Crippen molar-refractivity contribution in [3.8, 4) is 0 Å². The highest BCUT2D eigenvalue weighted by Crippen LogP contribution is 2.69. The summed E-state index contributed by atoms with van der Waals surface area (Å²) in [5.41, 5.74) is 0. The van der Waals surface area contributed by atoms with Crippen LogP contribution in [-0.4, -0.2) is 27.1 Å². The van der Waals surface area contributed by atoms with Crippen LogP contribution in [0, 0.1) is 0 Å². The summed E-state index contributed by atoms with van der Waals surface area (Å²) in [5.74, 6) is 0. The van der Waals surface area contributed by atoms with E-state index in [0.29, 0.717) is 0 Å². The molecule has 0 spiro atoms. The van der Waals surface area contributed by atoms with Crippen LogP contribution in [0.15, 0.2) is 0 Å². The first-order valence-electron chi connectivity index (χ1n) is 2.81. The van der Waals surface area contributed by atoms with Crippen molar-refractivity contribution < 1.29 is 4.52 Å². The molecule has 0 aliphatic rings. The minimum Gasteiger partial charge on any atom is -0.352 e. The Morgan fingerprint density at radius 2 is 2.10 bits per heavy atom. The van der Waals surface area contributed by atoms with E-state index in [0.717, 1.165) is 8.27 Å². The van der Waals surface area contributed by atoms with E-state index in [1.807, 2.05) is 7.11 Å². The summed E-state index contributed by atoms with van der Waals surface area (Å²) in [7, 11) is 7.37. The van der Waals surface area contributed by atoms with Gasteiger partial charge in [-0.3, -0.25) is 0 Å². The first-order valence-corrected chi connectivity index (χ1v) is 12.6. The minimum absolute atomic E-state index is 1.01. The molecule has 6 heteroatoms. The summed E-state index contributed by atoms with van der Waals surface area (Å²) in [4.78, 5) is 0. The normalized spacial score (nSPS) is 19.2. The van der Waals surface area contributed by atoms with E-state index < -0.39 is 6.46 Å². The Hall–Kier alpha value is 1.72. The van der Waals surface area contributed by atoms with Gasteiger partial charge >= 0.3 is 0 Å². The van der Waals surface area contributed by atoms with Crippen LogP contribution in [-0.2, 0) is 4.52 Å². The van der Waals surface area contributed by atoms with Crippen LogP contribution >= 0.6 is 37.7 Å². The van der Waals surface area contributed by atoms with E-state index in [4.69, 9.17) is 4.52 Å². The molecule has 10 heavy (non-hydrogen) atoms. The summed E-state index contributed by atoms with van der Waals surface area (Å²) < 4.78 is 5.47. The van der Waals surface area contributed by atoms with Gasteiger partial charge in [0.05, 0.1) is 6.46 Å². The highest BCUT2D eigenvalue weighted by Gasteiger charge is 2.02. The van der Waals surface area contributed by atoms with Crippen molar-refractivity contribution in [2.45, 2.75) is 0 Å². The third kappa shape index (κ3) is 4.57. The van der Waals surface area contributed by atoms with E-state index >= 15 is 0 Å². The Labute approximate surface area is 69.8 Å². The molecule has 0 saturated carbocycles. The van der Waals surface area contributed by atoms with Gasteiger partial charge in [0.15, 0.2) is 0 Å². The minimum atomic E-state index is -1.01. The Bertz CT molecular complexity index is 163. The van der Waals surface area contributed by atoms with Crippen LogP contribution in [0.25, 0.3) is 0 Å². The van der Waals surface area contributed by atoms with Crippen molar-refractivity contribution in [1.29, 1.82) is 0 Å². The average Bonchev–Trinajstić information content (AvgIpc) is 2.00. The largest absolute Gasteiger partial charge is 0.352 e. The molecule has 2 atom stereocenters. The summed E-state index contributed by atoms with van der Waals surface area (Å²) in [6.07, 6.45) is 0. The van der Waals surface area contributed by atoms with Gasteiger partial charge in [-0.15, -0.1) is 0 Å². The van der Waals surface area contributed by atoms with E-state index in [2.05, 4.69) is 20.0 Å². The van der Waals surface area contributed by atoms with Crippen LogP contribution in [0.5, 0.6) is 0 Å². The van der Waals surface area contributed by atoms with Crippen molar-refractivity contribution >= 4 is 37.7 Å². The molecule has 0 aromatic rings. The van der Waals surface area contributed by atoms with E-state index in [1.54, 1.807) is 0 Å². The molecule has 0 fully saturated rings. The molecule has 0 amide bonds. The zero-order chi connectivity index (χ0) is 8.04. The molecule has 0 aromatic carbocycles. The fourth-order valence-corrected chi connectivity index (χ4v) is 18.5. The lowest BCUT2D eigenvalue weighted by Crippen LogP contribution is -1.65. The van der Waals surface area contributed by atoms with Gasteiger partial charge in [0, 0.05) is 7.11 Å². The molecule has 0 radical (unpaired) electrons. The van der Waals surface area contributed by atoms with Crippen molar-refractivity contribution in [2.24, 2.45) is 0 Å². The molecule has 0 aliphatic heterocycles. The monoisotopic (exact) mass is 232 g/mol. The highest BCUT2D eigenvalue weighted by atomic mass is 32.5. The predicted octanol–water partition coefficient (Wildman–Crippen LogP) is 4.63. The summed E-state index contributed by atoms with van der Waals surface area (Å²) in [5, 5.41) is 0. The second-order valence-electron chi connectivity index (χ2n) is 1.63. The number of hydrogen-bond acceptors (Lipinski definition) is 1. The number of hydrogen-bond donors (Lipinski definition) is 0. The lowest BCUT2D eigenvalue weighted by molar-refractivity contribution is 0.473. The molecule has 0 heterocycles. The summed E-state index contributed by atoms with van der Waals surface area (Å²) in [6, 6.07) is 0. The maximum Gasteiger partial charge on any atom is 0.0751 e. The second kappa shape index (κ2) is 6.26. The molecule has 60 valence electrons. The lowest BCUT2D eigenvalue weighted by atomic mass is 11.8. The Balaban J connectivity index is 4.22. The van der Waals surface area contributed by atoms with Crippen molar-refractivity contribution in [3.05, 3.63) is 0 Å². The van der Waals surface area contributed by atoms with Gasteiger partial charge in [-0.2, -0.15) is 0 Å². The van der Waals surface area contributed by atoms with E-state index in [1.165, 1.54) is 23.0 Å². The zero-order valence-electron chi connectivity index (χ0n) is 6.70. The molecule has 0 aliphatic carbocycles. The zero-order valence-corrected chi connectivity index (χ0v) is 11.3. The molecular formula is C4H13OP5. The van der Waals surface area contributed by atoms with Crippen LogP contribution < -0.4 is 0 Å². The fraction of sp³-hybridized carbons (Fsp3) is 1.00. The van der Waals surface area contributed by atoms with E-state index in [-0.39, 0.29) is 0 Å². The van der Waals surface area contributed by atoms with Gasteiger partial charge in [0.25, 0.3) is 0 Å². The van der Waals surface area contributed by atoms with Crippen molar-refractivity contribution in [2.75, 3.05) is 27.1 Å². The van der Waals surface area contributed by atoms with E-state index in [9.17, 15) is 0 Å². The van der Waals surface area contributed by atoms with Gasteiger partial charge in [-0.25, -0.2) is 0 Å². The smallest absolute Gasteiger partial charge is 0.0751 e. The molecule has 2 unspecified atom stereocenters. The predicted molar refractivity (Wildman–Crippen MR) is 60.8 cm³/mol. The van der Waals surface area contributed by atoms with Gasteiger partial charge in [-0.1, -0.05) is 16.1 Å². The van der Waals surface area contributed by atoms with Crippen molar-refractivity contribution in [1.82, 2.24) is 0 Å². The molecule has 0 rings (SSSR count). The van der Waals surface area contributed by atoms with Gasteiger partial charge < -0.3 is 4.52 Å². The third-order valence-electron chi connectivity index (χ3n) is 1.03.